The summed E-state index contributed by atoms with van der Waals surface area (Å²) in [4.78, 5) is 45.7. The first-order valence-corrected chi connectivity index (χ1v) is 14.2. The van der Waals surface area contributed by atoms with Crippen molar-refractivity contribution in [1.82, 2.24) is 5.48 Å². The molecule has 0 unspecified atom stereocenters. The van der Waals surface area contributed by atoms with Crippen molar-refractivity contribution < 1.29 is 24.0 Å². The van der Waals surface area contributed by atoms with E-state index < -0.39 is 5.97 Å². The molecular weight excluding hydrogens is 542 g/mol. The van der Waals surface area contributed by atoms with Gasteiger partial charge in [-0.2, -0.15) is 0 Å². The van der Waals surface area contributed by atoms with Crippen molar-refractivity contribution in [3.05, 3.63) is 125 Å². The Kier molecular flexibility index (Phi) is 9.29. The highest BCUT2D eigenvalue weighted by Crippen LogP contribution is 2.31. The van der Waals surface area contributed by atoms with Crippen molar-refractivity contribution >= 4 is 34.9 Å². The maximum Gasteiger partial charge on any atom is 0.334 e. The SMILES string of the molecule is CCOC(=O)CONC1=CCCN(C(=O)c2ccc(NC(=O)c3ccccc3-c3ccc(C)cc3)cc2)c2ccccc21. The van der Waals surface area contributed by atoms with Crippen LogP contribution in [0.2, 0.25) is 0 Å². The third-order valence-electron chi connectivity index (χ3n) is 7.03. The first-order valence-electron chi connectivity index (χ1n) is 14.2. The highest BCUT2D eigenvalue weighted by atomic mass is 16.7. The normalized spacial score (nSPS) is 12.4. The third-order valence-corrected chi connectivity index (χ3v) is 7.03. The second kappa shape index (κ2) is 13.6. The molecule has 218 valence electrons. The molecule has 0 spiro atoms. The molecule has 8 heteroatoms. The van der Waals surface area contributed by atoms with Crippen LogP contribution in [0.4, 0.5) is 11.4 Å². The van der Waals surface area contributed by atoms with Crippen molar-refractivity contribution in [1.29, 1.82) is 0 Å². The number of fused-ring (bicyclic) bond motifs is 1. The standard InChI is InChI=1S/C35H33N3O5/c1-3-42-33(39)23-43-37-31-12-8-22-38(32-13-7-6-11-30(31)32)35(41)26-18-20-27(21-19-26)36-34(40)29-10-5-4-9-28(29)25-16-14-24(2)15-17-25/h4-7,9-21,37H,3,8,22-23H2,1-2H3,(H,36,40). The average molecular weight is 576 g/mol. The predicted octanol–water partition coefficient (Wildman–Crippen LogP) is 6.39. The number of rotatable bonds is 9. The summed E-state index contributed by atoms with van der Waals surface area (Å²) in [6.07, 6.45) is 2.50. The lowest BCUT2D eigenvalue weighted by molar-refractivity contribution is -0.150. The molecule has 0 atom stereocenters. The minimum absolute atomic E-state index is 0.169. The number of hydrogen-bond acceptors (Lipinski definition) is 6. The summed E-state index contributed by atoms with van der Waals surface area (Å²) in [5.74, 6) is -0.866. The topological polar surface area (TPSA) is 97.0 Å². The fourth-order valence-corrected chi connectivity index (χ4v) is 4.90. The second-order valence-corrected chi connectivity index (χ2v) is 10.0. The van der Waals surface area contributed by atoms with Gasteiger partial charge < -0.3 is 15.0 Å². The molecule has 43 heavy (non-hydrogen) atoms. The summed E-state index contributed by atoms with van der Waals surface area (Å²) >= 11 is 0. The summed E-state index contributed by atoms with van der Waals surface area (Å²) in [6.45, 7) is 4.25. The van der Waals surface area contributed by atoms with E-state index in [-0.39, 0.29) is 25.0 Å². The minimum atomic E-state index is -0.468. The van der Waals surface area contributed by atoms with E-state index in [4.69, 9.17) is 9.57 Å². The fraction of sp³-hybridized carbons (Fsp3) is 0.171. The maximum absolute atomic E-state index is 13.7. The number of carbonyl (C=O) groups is 3. The van der Waals surface area contributed by atoms with Crippen LogP contribution in [0.25, 0.3) is 16.8 Å². The zero-order valence-corrected chi connectivity index (χ0v) is 24.1. The summed E-state index contributed by atoms with van der Waals surface area (Å²) in [6, 6.07) is 30.0. The Morgan fingerprint density at radius 2 is 1.53 bits per heavy atom. The maximum atomic E-state index is 13.7. The quantitative estimate of drug-likeness (QED) is 0.177. The van der Waals surface area contributed by atoms with Crippen LogP contribution < -0.4 is 15.7 Å². The lowest BCUT2D eigenvalue weighted by Gasteiger charge is -2.24. The highest BCUT2D eigenvalue weighted by Gasteiger charge is 2.24. The monoisotopic (exact) mass is 575 g/mol. The molecule has 0 radical (unpaired) electrons. The van der Waals surface area contributed by atoms with E-state index in [0.717, 1.165) is 22.3 Å². The number of anilines is 2. The van der Waals surface area contributed by atoms with Crippen LogP contribution in [0.15, 0.2) is 103 Å². The number of nitrogens with zero attached hydrogens (tertiary/aromatic N) is 1. The van der Waals surface area contributed by atoms with Gasteiger partial charge >= 0.3 is 5.97 Å². The zero-order valence-electron chi connectivity index (χ0n) is 24.1. The van der Waals surface area contributed by atoms with Crippen molar-refractivity contribution in [3.63, 3.8) is 0 Å². The molecule has 0 aromatic heterocycles. The molecule has 2 amide bonds. The summed E-state index contributed by atoms with van der Waals surface area (Å²) < 4.78 is 4.90. The number of esters is 1. The first kappa shape index (κ1) is 29.3. The fourth-order valence-electron chi connectivity index (χ4n) is 4.90. The molecule has 0 saturated carbocycles. The number of carbonyl (C=O) groups excluding carboxylic acids is 3. The average Bonchev–Trinajstić information content (AvgIpc) is 3.21. The Hall–Kier alpha value is -5.21. The molecule has 0 aliphatic carbocycles. The molecular formula is C35H33N3O5. The van der Waals surface area contributed by atoms with Gasteiger partial charge in [-0.15, -0.1) is 0 Å². The number of hydrogen-bond donors (Lipinski definition) is 2. The van der Waals surface area contributed by atoms with Gasteiger partial charge in [0.15, 0.2) is 6.61 Å². The molecule has 4 aromatic carbocycles. The number of benzene rings is 4. The minimum Gasteiger partial charge on any atom is -0.464 e. The van der Waals surface area contributed by atoms with Crippen LogP contribution in [0.1, 0.15) is 45.2 Å². The predicted molar refractivity (Wildman–Crippen MR) is 167 cm³/mol. The Morgan fingerprint density at radius 1 is 0.837 bits per heavy atom. The van der Waals surface area contributed by atoms with E-state index in [1.165, 1.54) is 0 Å². The number of hydroxylamine groups is 1. The lowest BCUT2D eigenvalue weighted by atomic mass is 9.98. The summed E-state index contributed by atoms with van der Waals surface area (Å²) in [7, 11) is 0. The van der Waals surface area contributed by atoms with Crippen molar-refractivity contribution in [2.75, 3.05) is 30.0 Å². The van der Waals surface area contributed by atoms with Gasteiger partial charge in [0.2, 0.25) is 0 Å². The molecule has 0 saturated heterocycles. The molecule has 1 heterocycles. The lowest BCUT2D eigenvalue weighted by Crippen LogP contribution is -2.32. The van der Waals surface area contributed by atoms with Crippen LogP contribution in [-0.2, 0) is 14.4 Å². The second-order valence-electron chi connectivity index (χ2n) is 10.0. The molecule has 2 N–H and O–H groups in total. The first-order chi connectivity index (χ1) is 20.9. The van der Waals surface area contributed by atoms with Crippen molar-refractivity contribution in [2.45, 2.75) is 20.3 Å². The van der Waals surface area contributed by atoms with Gasteiger partial charge in [0.25, 0.3) is 11.8 Å². The number of aryl methyl sites for hydroxylation is 1. The van der Waals surface area contributed by atoms with E-state index in [9.17, 15) is 14.4 Å². The van der Waals surface area contributed by atoms with Crippen LogP contribution >= 0.6 is 0 Å². The number of para-hydroxylation sites is 1. The van der Waals surface area contributed by atoms with Gasteiger partial charge in [0, 0.05) is 28.9 Å². The van der Waals surface area contributed by atoms with Gasteiger partial charge in [0.1, 0.15) is 0 Å². The molecule has 8 nitrogen and oxygen atoms in total. The summed E-state index contributed by atoms with van der Waals surface area (Å²) in [5.41, 5.74) is 9.60. The van der Waals surface area contributed by atoms with Crippen LogP contribution in [-0.4, -0.2) is 37.5 Å². The zero-order chi connectivity index (χ0) is 30.2. The van der Waals surface area contributed by atoms with Crippen LogP contribution in [0.3, 0.4) is 0 Å². The molecule has 4 aromatic rings. The molecule has 1 aliphatic heterocycles. The van der Waals surface area contributed by atoms with E-state index in [1.807, 2.05) is 79.7 Å². The van der Waals surface area contributed by atoms with E-state index in [1.54, 1.807) is 42.2 Å². The van der Waals surface area contributed by atoms with Crippen molar-refractivity contribution in [2.24, 2.45) is 0 Å². The van der Waals surface area contributed by atoms with Gasteiger partial charge in [-0.25, -0.2) is 4.79 Å². The van der Waals surface area contributed by atoms with Crippen LogP contribution in [0.5, 0.6) is 0 Å². The number of amides is 2. The molecule has 0 bridgehead atoms. The van der Waals surface area contributed by atoms with Crippen LogP contribution in [0, 0.1) is 6.92 Å². The molecule has 5 rings (SSSR count). The third kappa shape index (κ3) is 6.99. The van der Waals surface area contributed by atoms with Gasteiger partial charge in [-0.05, 0) is 67.8 Å². The van der Waals surface area contributed by atoms with E-state index >= 15 is 0 Å². The Bertz CT molecular complexity index is 1650. The van der Waals surface area contributed by atoms with Gasteiger partial charge in [0.05, 0.1) is 18.0 Å². The van der Waals surface area contributed by atoms with Gasteiger partial charge in [-0.3, -0.25) is 19.9 Å². The smallest absolute Gasteiger partial charge is 0.334 e. The Labute approximate surface area is 250 Å². The largest absolute Gasteiger partial charge is 0.464 e. The van der Waals surface area contributed by atoms with E-state index in [0.29, 0.717) is 41.2 Å². The van der Waals surface area contributed by atoms with Gasteiger partial charge in [-0.1, -0.05) is 72.3 Å². The Morgan fingerprint density at radius 3 is 2.28 bits per heavy atom. The molecule has 0 fully saturated rings. The Balaban J connectivity index is 1.29. The summed E-state index contributed by atoms with van der Waals surface area (Å²) in [5, 5.41) is 2.96. The number of nitrogens with one attached hydrogen (secondary N) is 2. The highest BCUT2D eigenvalue weighted by molar-refractivity contribution is 6.10. The molecule has 1 aliphatic rings. The number of ether oxygens (including phenoxy) is 1. The van der Waals surface area contributed by atoms with E-state index in [2.05, 4.69) is 10.8 Å². The van der Waals surface area contributed by atoms with Crippen molar-refractivity contribution in [3.8, 4) is 11.1 Å².